The van der Waals surface area contributed by atoms with Gasteiger partial charge >= 0.3 is 5.97 Å². The molecule has 0 aliphatic carbocycles. The van der Waals surface area contributed by atoms with Crippen molar-refractivity contribution in [3.05, 3.63) is 84.2 Å². The van der Waals surface area contributed by atoms with Gasteiger partial charge in [-0.2, -0.15) is 0 Å². The van der Waals surface area contributed by atoms with E-state index in [0.29, 0.717) is 12.3 Å². The normalized spacial score (nSPS) is 10.7. The zero-order valence-corrected chi connectivity index (χ0v) is 14.7. The van der Waals surface area contributed by atoms with E-state index in [1.165, 1.54) is 0 Å². The van der Waals surface area contributed by atoms with Crippen molar-refractivity contribution >= 4 is 16.7 Å². The average Bonchev–Trinajstić information content (AvgIpc) is 3.17. The molecule has 6 nitrogen and oxygen atoms in total. The van der Waals surface area contributed by atoms with Gasteiger partial charge in [-0.15, -0.1) is 5.10 Å². The van der Waals surface area contributed by atoms with Crippen molar-refractivity contribution in [1.29, 1.82) is 0 Å². The van der Waals surface area contributed by atoms with Crippen LogP contribution in [0.15, 0.2) is 72.9 Å². The first-order valence-electron chi connectivity index (χ1n) is 8.45. The molecule has 0 saturated carbocycles. The predicted molar refractivity (Wildman–Crippen MR) is 101 cm³/mol. The molecule has 0 saturated heterocycles. The fourth-order valence-electron chi connectivity index (χ4n) is 2.79. The number of ether oxygens (including phenoxy) is 2. The summed E-state index contributed by atoms with van der Waals surface area (Å²) in [5.41, 5.74) is 1.24. The van der Waals surface area contributed by atoms with Crippen molar-refractivity contribution in [2.45, 2.75) is 6.54 Å². The van der Waals surface area contributed by atoms with Crippen molar-refractivity contribution in [2.24, 2.45) is 0 Å². The van der Waals surface area contributed by atoms with E-state index in [-0.39, 0.29) is 5.69 Å². The Morgan fingerprint density at radius 2 is 1.70 bits per heavy atom. The Morgan fingerprint density at radius 1 is 0.963 bits per heavy atom. The van der Waals surface area contributed by atoms with Crippen LogP contribution < -0.4 is 9.47 Å². The zero-order chi connectivity index (χ0) is 18.6. The van der Waals surface area contributed by atoms with E-state index in [2.05, 4.69) is 10.3 Å². The third-order valence-electron chi connectivity index (χ3n) is 4.16. The van der Waals surface area contributed by atoms with Gasteiger partial charge in [0.1, 0.15) is 11.5 Å². The lowest BCUT2D eigenvalue weighted by molar-refractivity contribution is 0.0728. The second-order valence-electron chi connectivity index (χ2n) is 6.05. The first-order chi connectivity index (χ1) is 13.2. The van der Waals surface area contributed by atoms with Crippen LogP contribution in [0.2, 0.25) is 0 Å². The summed E-state index contributed by atoms with van der Waals surface area (Å²) in [4.78, 5) is 12.4. The lowest BCUT2D eigenvalue weighted by atomic mass is 10.1. The smallest absolute Gasteiger partial charge is 0.365 e. The van der Waals surface area contributed by atoms with Crippen LogP contribution in [-0.4, -0.2) is 28.1 Å². The highest BCUT2D eigenvalue weighted by Crippen LogP contribution is 2.25. The minimum Gasteiger partial charge on any atom is -0.497 e. The maximum atomic E-state index is 12.4. The number of benzene rings is 3. The number of carbonyl (C=O) groups excluding carboxylic acids is 1. The summed E-state index contributed by atoms with van der Waals surface area (Å²) in [6.07, 6.45) is 1.58. The van der Waals surface area contributed by atoms with Gasteiger partial charge in [-0.3, -0.25) is 0 Å². The highest BCUT2D eigenvalue weighted by molar-refractivity contribution is 5.90. The van der Waals surface area contributed by atoms with E-state index in [9.17, 15) is 4.79 Å². The van der Waals surface area contributed by atoms with E-state index in [1.54, 1.807) is 30.1 Å². The number of nitrogens with zero attached hydrogens (tertiary/aromatic N) is 3. The van der Waals surface area contributed by atoms with Crippen LogP contribution >= 0.6 is 0 Å². The molecule has 4 aromatic rings. The number of rotatable bonds is 5. The Hall–Kier alpha value is -3.67. The first-order valence-corrected chi connectivity index (χ1v) is 8.45. The SMILES string of the molecule is COc1ccc2ccc(OC(=O)c3cn(Cc4ccccc4)nn3)cc2c1. The monoisotopic (exact) mass is 359 g/mol. The lowest BCUT2D eigenvalue weighted by Gasteiger charge is -2.06. The summed E-state index contributed by atoms with van der Waals surface area (Å²) < 4.78 is 12.3. The Labute approximate surface area is 156 Å². The number of esters is 1. The minimum absolute atomic E-state index is 0.164. The summed E-state index contributed by atoms with van der Waals surface area (Å²) in [6.45, 7) is 0.539. The molecule has 0 bridgehead atoms. The van der Waals surface area contributed by atoms with Crippen molar-refractivity contribution in [2.75, 3.05) is 7.11 Å². The van der Waals surface area contributed by atoms with Crippen LogP contribution in [0.5, 0.6) is 11.5 Å². The fraction of sp³-hybridized carbons (Fsp3) is 0.0952. The number of carbonyl (C=O) groups is 1. The van der Waals surface area contributed by atoms with Gasteiger partial charge in [0.05, 0.1) is 19.9 Å². The Balaban J connectivity index is 1.49. The maximum absolute atomic E-state index is 12.4. The summed E-state index contributed by atoms with van der Waals surface area (Å²) in [5.74, 6) is 0.643. The molecular formula is C21H17N3O3. The number of fused-ring (bicyclic) bond motifs is 1. The third kappa shape index (κ3) is 3.79. The average molecular weight is 359 g/mol. The largest absolute Gasteiger partial charge is 0.497 e. The quantitative estimate of drug-likeness (QED) is 0.401. The second-order valence-corrected chi connectivity index (χ2v) is 6.05. The summed E-state index contributed by atoms with van der Waals surface area (Å²) >= 11 is 0. The van der Waals surface area contributed by atoms with Crippen molar-refractivity contribution < 1.29 is 14.3 Å². The predicted octanol–water partition coefficient (Wildman–Crippen LogP) is 3.71. The molecule has 6 heteroatoms. The number of hydrogen-bond donors (Lipinski definition) is 0. The zero-order valence-electron chi connectivity index (χ0n) is 14.7. The Morgan fingerprint density at radius 3 is 2.48 bits per heavy atom. The van der Waals surface area contributed by atoms with Gasteiger partial charge in [0.2, 0.25) is 0 Å². The highest BCUT2D eigenvalue weighted by Gasteiger charge is 2.14. The van der Waals surface area contributed by atoms with Crippen LogP contribution in [0, 0.1) is 0 Å². The van der Waals surface area contributed by atoms with E-state index in [0.717, 1.165) is 22.1 Å². The molecule has 4 rings (SSSR count). The van der Waals surface area contributed by atoms with Crippen LogP contribution in [0.25, 0.3) is 10.8 Å². The van der Waals surface area contributed by atoms with E-state index < -0.39 is 5.97 Å². The lowest BCUT2D eigenvalue weighted by Crippen LogP contribution is -2.09. The Bertz CT molecular complexity index is 1090. The summed E-state index contributed by atoms with van der Waals surface area (Å²) in [5, 5.41) is 9.87. The van der Waals surface area contributed by atoms with Gasteiger partial charge in [-0.1, -0.05) is 47.7 Å². The number of methoxy groups -OCH3 is 1. The van der Waals surface area contributed by atoms with Gasteiger partial charge in [-0.05, 0) is 40.6 Å². The maximum Gasteiger partial charge on any atom is 0.365 e. The van der Waals surface area contributed by atoms with Crippen LogP contribution in [-0.2, 0) is 6.54 Å². The van der Waals surface area contributed by atoms with Gasteiger partial charge < -0.3 is 9.47 Å². The Kier molecular flexibility index (Phi) is 4.53. The number of hydrogen-bond acceptors (Lipinski definition) is 5. The van der Waals surface area contributed by atoms with Gasteiger partial charge in [0.15, 0.2) is 5.69 Å². The molecule has 0 fully saturated rings. The molecule has 0 unspecified atom stereocenters. The molecule has 1 heterocycles. The van der Waals surface area contributed by atoms with Gasteiger partial charge in [-0.25, -0.2) is 9.48 Å². The van der Waals surface area contributed by atoms with E-state index >= 15 is 0 Å². The molecule has 0 aliphatic heterocycles. The van der Waals surface area contributed by atoms with Crippen LogP contribution in [0.3, 0.4) is 0 Å². The molecule has 27 heavy (non-hydrogen) atoms. The van der Waals surface area contributed by atoms with E-state index in [1.807, 2.05) is 54.6 Å². The fourth-order valence-corrected chi connectivity index (χ4v) is 2.79. The van der Waals surface area contributed by atoms with Crippen molar-refractivity contribution in [3.63, 3.8) is 0 Å². The molecule has 1 aromatic heterocycles. The molecule has 0 amide bonds. The van der Waals surface area contributed by atoms with Gasteiger partial charge in [0, 0.05) is 0 Å². The summed E-state index contributed by atoms with van der Waals surface area (Å²) in [7, 11) is 1.61. The number of aromatic nitrogens is 3. The first kappa shape index (κ1) is 16.8. The minimum atomic E-state index is -0.545. The summed E-state index contributed by atoms with van der Waals surface area (Å²) in [6, 6.07) is 21.0. The molecule has 0 radical (unpaired) electrons. The van der Waals surface area contributed by atoms with Crippen LogP contribution in [0.1, 0.15) is 16.1 Å². The van der Waals surface area contributed by atoms with Gasteiger partial charge in [0.25, 0.3) is 0 Å². The molecule has 0 N–H and O–H groups in total. The molecular weight excluding hydrogens is 342 g/mol. The molecule has 0 spiro atoms. The standard InChI is InChI=1S/C21H17N3O3/c1-26-18-9-7-16-8-10-19(12-17(16)11-18)27-21(25)20-14-24(23-22-20)13-15-5-3-2-4-6-15/h2-12,14H,13H2,1H3. The molecule has 0 aliphatic rings. The topological polar surface area (TPSA) is 66.2 Å². The highest BCUT2D eigenvalue weighted by atomic mass is 16.5. The van der Waals surface area contributed by atoms with Crippen molar-refractivity contribution in [1.82, 2.24) is 15.0 Å². The molecule has 0 atom stereocenters. The molecule has 3 aromatic carbocycles. The molecule has 134 valence electrons. The third-order valence-corrected chi connectivity index (χ3v) is 4.16. The van der Waals surface area contributed by atoms with Crippen LogP contribution in [0.4, 0.5) is 0 Å². The van der Waals surface area contributed by atoms with Crippen molar-refractivity contribution in [3.8, 4) is 11.5 Å². The second kappa shape index (κ2) is 7.29. The van der Waals surface area contributed by atoms with E-state index in [4.69, 9.17) is 9.47 Å².